The van der Waals surface area contributed by atoms with Crippen LogP contribution in [0.15, 0.2) is 91.3 Å². The lowest BCUT2D eigenvalue weighted by atomic mass is 10.0. The number of pyridine rings is 1. The molecule has 1 aliphatic heterocycles. The summed E-state index contributed by atoms with van der Waals surface area (Å²) in [5, 5.41) is 13.6. The molecule has 0 spiro atoms. The number of carboxylic acids is 1. The lowest BCUT2D eigenvalue weighted by Gasteiger charge is -2.29. The second-order valence-corrected chi connectivity index (χ2v) is 8.95. The molecule has 1 aliphatic rings. The van der Waals surface area contributed by atoms with Gasteiger partial charge < -0.3 is 24.8 Å². The number of rotatable bonds is 6. The molecular weight excluding hydrogens is 458 g/mol. The van der Waals surface area contributed by atoms with E-state index < -0.39 is 5.97 Å². The van der Waals surface area contributed by atoms with E-state index in [1.54, 1.807) is 24.4 Å². The molecule has 2 aromatic carbocycles. The Morgan fingerprint density at radius 3 is 2.49 bits per heavy atom. The summed E-state index contributed by atoms with van der Waals surface area (Å²) in [6, 6.07) is 24.6. The van der Waals surface area contributed by atoms with Gasteiger partial charge in [0.05, 0.1) is 17.3 Å². The van der Waals surface area contributed by atoms with Crippen molar-refractivity contribution in [2.75, 3.05) is 23.9 Å². The minimum absolute atomic E-state index is 0.200. The maximum Gasteiger partial charge on any atom is 0.335 e. The molecule has 176 valence electrons. The lowest BCUT2D eigenvalue weighted by molar-refractivity contribution is 0.0697. The van der Waals surface area contributed by atoms with Gasteiger partial charge in [-0.1, -0.05) is 12.1 Å². The average Bonchev–Trinajstić information content (AvgIpc) is 3.49. The van der Waals surface area contributed by atoms with Crippen LogP contribution in [0.1, 0.15) is 33.8 Å². The van der Waals surface area contributed by atoms with E-state index in [2.05, 4.69) is 44.4 Å². The van der Waals surface area contributed by atoms with Crippen molar-refractivity contribution in [2.24, 2.45) is 0 Å². The molecule has 3 heterocycles. The number of hydrogen-bond acceptors (Lipinski definition) is 4. The smallest absolute Gasteiger partial charge is 0.335 e. The molecule has 5 rings (SSSR count). The summed E-state index contributed by atoms with van der Waals surface area (Å²) < 4.78 is 2.02. The van der Waals surface area contributed by atoms with Crippen LogP contribution in [0.2, 0.25) is 0 Å². The van der Waals surface area contributed by atoms with Crippen molar-refractivity contribution in [2.45, 2.75) is 12.1 Å². The van der Waals surface area contributed by atoms with E-state index in [0.717, 1.165) is 28.5 Å². The van der Waals surface area contributed by atoms with Gasteiger partial charge in [0.15, 0.2) is 5.11 Å². The minimum Gasteiger partial charge on any atom is -0.478 e. The third-order valence-corrected chi connectivity index (χ3v) is 6.51. The molecule has 0 aliphatic carbocycles. The molecular formula is C27H25N5O2S. The van der Waals surface area contributed by atoms with Crippen molar-refractivity contribution in [3.05, 3.63) is 108 Å². The Morgan fingerprint density at radius 2 is 1.80 bits per heavy atom. The summed E-state index contributed by atoms with van der Waals surface area (Å²) in [5.41, 5.74) is 4.90. The van der Waals surface area contributed by atoms with Gasteiger partial charge in [0.1, 0.15) is 6.04 Å². The number of nitrogens with one attached hydrogen (secondary N) is 1. The number of nitrogens with zero attached hydrogens (tertiary/aromatic N) is 4. The molecule has 0 saturated carbocycles. The molecule has 1 saturated heterocycles. The number of hydrogen-bond donors (Lipinski definition) is 2. The van der Waals surface area contributed by atoms with Crippen LogP contribution >= 0.6 is 12.2 Å². The molecule has 0 unspecified atom stereocenters. The highest BCUT2D eigenvalue weighted by molar-refractivity contribution is 7.80. The summed E-state index contributed by atoms with van der Waals surface area (Å²) in [4.78, 5) is 20.4. The van der Waals surface area contributed by atoms with Crippen LogP contribution in [0.5, 0.6) is 0 Å². The number of aromatic carboxylic acids is 1. The van der Waals surface area contributed by atoms with Crippen molar-refractivity contribution < 1.29 is 9.90 Å². The number of thiocarbonyl (C=S) groups is 1. The molecule has 35 heavy (non-hydrogen) atoms. The number of benzene rings is 2. The zero-order valence-corrected chi connectivity index (χ0v) is 20.2. The van der Waals surface area contributed by atoms with E-state index in [4.69, 9.17) is 12.2 Å². The Bertz CT molecular complexity index is 1370. The zero-order valence-electron chi connectivity index (χ0n) is 19.4. The Balaban J connectivity index is 1.64. The highest BCUT2D eigenvalue weighted by Crippen LogP contribution is 2.42. The molecule has 2 N–H and O–H groups in total. The van der Waals surface area contributed by atoms with Gasteiger partial charge in [-0.3, -0.25) is 4.98 Å². The molecule has 2 aromatic heterocycles. The van der Waals surface area contributed by atoms with E-state index in [1.807, 2.05) is 61.3 Å². The topological polar surface area (TPSA) is 73.6 Å². The molecule has 0 radical (unpaired) electrons. The van der Waals surface area contributed by atoms with Gasteiger partial charge in [0, 0.05) is 49.2 Å². The largest absolute Gasteiger partial charge is 0.478 e. The van der Waals surface area contributed by atoms with Gasteiger partial charge in [0.2, 0.25) is 0 Å². The van der Waals surface area contributed by atoms with Gasteiger partial charge in [-0.15, -0.1) is 0 Å². The second-order valence-electron chi connectivity index (χ2n) is 8.57. The normalized spacial score (nSPS) is 17.3. The van der Waals surface area contributed by atoms with Crippen LogP contribution in [0.25, 0.3) is 5.69 Å². The molecule has 1 fully saturated rings. The second kappa shape index (κ2) is 9.23. The molecule has 0 bridgehead atoms. The standard InChI is InChI=1S/C27H25N5O2S/c1-30(2)19-11-13-20(14-12-19)32-25(24(29-27(32)35)22-9-3-4-15-28-22)23-10-6-16-31(23)21-8-5-7-18(17-21)26(33)34/h3-17,24-25H,1-2H3,(H,29,35)(H,33,34)/t24-,25+/m1/s1. The number of carbonyl (C=O) groups is 1. The van der Waals surface area contributed by atoms with Gasteiger partial charge >= 0.3 is 5.97 Å². The number of carboxylic acid groups (broad SMARTS) is 1. The van der Waals surface area contributed by atoms with Crippen LogP contribution < -0.4 is 15.1 Å². The summed E-state index contributed by atoms with van der Waals surface area (Å²) in [6.07, 6.45) is 3.72. The number of aromatic nitrogens is 2. The quantitative estimate of drug-likeness (QED) is 0.381. The summed E-state index contributed by atoms with van der Waals surface area (Å²) in [5.74, 6) is -0.960. The fraction of sp³-hybridized carbons (Fsp3) is 0.148. The van der Waals surface area contributed by atoms with Crippen LogP contribution in [0, 0.1) is 0 Å². The SMILES string of the molecule is CN(C)c1ccc(N2C(=S)N[C@H](c3ccccn3)[C@@H]2c2cccn2-c2cccc(C(=O)O)c2)cc1. The molecule has 0 amide bonds. The van der Waals surface area contributed by atoms with Crippen molar-refractivity contribution in [1.29, 1.82) is 0 Å². The molecule has 4 aromatic rings. The maximum atomic E-state index is 11.6. The Morgan fingerprint density at radius 1 is 1.00 bits per heavy atom. The first kappa shape index (κ1) is 22.6. The van der Waals surface area contributed by atoms with Crippen LogP contribution in [0.3, 0.4) is 0 Å². The Kier molecular flexibility index (Phi) is 5.96. The Hall–Kier alpha value is -4.17. The first-order valence-corrected chi connectivity index (χ1v) is 11.6. The highest BCUT2D eigenvalue weighted by Gasteiger charge is 2.42. The lowest BCUT2D eigenvalue weighted by Crippen LogP contribution is -2.30. The third kappa shape index (κ3) is 4.24. The van der Waals surface area contributed by atoms with Crippen molar-refractivity contribution in [1.82, 2.24) is 14.9 Å². The first-order valence-electron chi connectivity index (χ1n) is 11.2. The van der Waals surface area contributed by atoms with Gasteiger partial charge in [-0.25, -0.2) is 4.79 Å². The Labute approximate surface area is 209 Å². The van der Waals surface area contributed by atoms with Gasteiger partial charge in [0.25, 0.3) is 0 Å². The van der Waals surface area contributed by atoms with Crippen LogP contribution in [-0.2, 0) is 0 Å². The van der Waals surface area contributed by atoms with E-state index in [9.17, 15) is 9.90 Å². The van der Waals surface area contributed by atoms with Crippen molar-refractivity contribution >= 4 is 34.7 Å². The average molecular weight is 484 g/mol. The first-order chi connectivity index (χ1) is 16.9. The zero-order chi connectivity index (χ0) is 24.5. The van der Waals surface area contributed by atoms with Crippen LogP contribution in [0.4, 0.5) is 11.4 Å². The monoisotopic (exact) mass is 483 g/mol. The minimum atomic E-state index is -0.960. The van der Waals surface area contributed by atoms with Crippen molar-refractivity contribution in [3.8, 4) is 5.69 Å². The fourth-order valence-electron chi connectivity index (χ4n) is 4.50. The fourth-order valence-corrected chi connectivity index (χ4v) is 4.85. The van der Waals surface area contributed by atoms with E-state index in [1.165, 1.54) is 0 Å². The summed E-state index contributed by atoms with van der Waals surface area (Å²) in [7, 11) is 4.02. The van der Waals surface area contributed by atoms with Crippen LogP contribution in [-0.4, -0.2) is 39.8 Å². The van der Waals surface area contributed by atoms with E-state index in [0.29, 0.717) is 5.11 Å². The number of anilines is 2. The highest BCUT2D eigenvalue weighted by atomic mass is 32.1. The predicted molar refractivity (Wildman–Crippen MR) is 141 cm³/mol. The van der Waals surface area contributed by atoms with Gasteiger partial charge in [-0.05, 0) is 78.9 Å². The third-order valence-electron chi connectivity index (χ3n) is 6.20. The summed E-state index contributed by atoms with van der Waals surface area (Å²) >= 11 is 5.84. The van der Waals surface area contributed by atoms with E-state index >= 15 is 0 Å². The van der Waals surface area contributed by atoms with E-state index in [-0.39, 0.29) is 17.6 Å². The molecule has 8 heteroatoms. The summed E-state index contributed by atoms with van der Waals surface area (Å²) in [6.45, 7) is 0. The van der Waals surface area contributed by atoms with Crippen molar-refractivity contribution in [3.63, 3.8) is 0 Å². The van der Waals surface area contributed by atoms with Gasteiger partial charge in [-0.2, -0.15) is 0 Å². The molecule has 2 atom stereocenters. The molecule has 7 nitrogen and oxygen atoms in total. The maximum absolute atomic E-state index is 11.6. The predicted octanol–water partition coefficient (Wildman–Crippen LogP) is 4.81.